The second kappa shape index (κ2) is 2.70. The molecule has 1 aromatic rings. The van der Waals surface area contributed by atoms with Gasteiger partial charge in [-0.1, -0.05) is 11.6 Å². The minimum absolute atomic E-state index is 0.216. The van der Waals surface area contributed by atoms with Crippen LogP contribution in [-0.2, 0) is 0 Å². The average molecular weight is 159 g/mol. The van der Waals surface area contributed by atoms with Gasteiger partial charge in [-0.2, -0.15) is 4.98 Å². The summed E-state index contributed by atoms with van der Waals surface area (Å²) in [4.78, 5) is 7.50. The molecular formula is C5H7ClN4. The van der Waals surface area contributed by atoms with Gasteiger partial charge >= 0.3 is 0 Å². The van der Waals surface area contributed by atoms with Gasteiger partial charge < -0.3 is 11.1 Å². The van der Waals surface area contributed by atoms with Crippen LogP contribution in [0.15, 0.2) is 6.20 Å². The van der Waals surface area contributed by atoms with E-state index in [1.54, 1.807) is 7.05 Å². The van der Waals surface area contributed by atoms with Gasteiger partial charge in [0.15, 0.2) is 0 Å². The van der Waals surface area contributed by atoms with E-state index in [4.69, 9.17) is 17.3 Å². The Labute approximate surface area is 63.4 Å². The molecule has 5 heteroatoms. The second-order valence-corrected chi connectivity index (χ2v) is 2.08. The number of nitrogen functional groups attached to an aromatic ring is 1. The van der Waals surface area contributed by atoms with Gasteiger partial charge in [0.05, 0.1) is 6.20 Å². The Bertz CT molecular complexity index is 237. The first-order valence-electron chi connectivity index (χ1n) is 2.70. The largest absolute Gasteiger partial charge is 0.372 e. The van der Waals surface area contributed by atoms with Gasteiger partial charge in [-0.05, 0) is 0 Å². The highest BCUT2D eigenvalue weighted by molar-refractivity contribution is 6.32. The number of nitrogens with zero attached hydrogens (tertiary/aromatic N) is 2. The maximum atomic E-state index is 5.65. The summed E-state index contributed by atoms with van der Waals surface area (Å²) in [5, 5.41) is 3.24. The molecular weight excluding hydrogens is 152 g/mol. The third-order valence-electron chi connectivity index (χ3n) is 1.000. The third kappa shape index (κ3) is 1.27. The lowest BCUT2D eigenvalue weighted by atomic mass is 10.6. The molecule has 1 aromatic heterocycles. The molecule has 54 valence electrons. The molecule has 0 atom stereocenters. The molecule has 0 radical (unpaired) electrons. The molecule has 3 N–H and O–H groups in total. The number of halogens is 1. The average Bonchev–Trinajstić information content (AvgIpc) is 1.94. The van der Waals surface area contributed by atoms with Crippen LogP contribution in [0.5, 0.6) is 0 Å². The zero-order chi connectivity index (χ0) is 7.56. The van der Waals surface area contributed by atoms with E-state index in [1.807, 2.05) is 0 Å². The highest BCUT2D eigenvalue weighted by atomic mass is 35.5. The van der Waals surface area contributed by atoms with E-state index >= 15 is 0 Å². The van der Waals surface area contributed by atoms with Gasteiger partial charge in [0.2, 0.25) is 5.95 Å². The molecule has 1 heterocycles. The van der Waals surface area contributed by atoms with Gasteiger partial charge in [-0.3, -0.25) is 0 Å². The van der Waals surface area contributed by atoms with Gasteiger partial charge in [0, 0.05) is 7.05 Å². The van der Waals surface area contributed by atoms with Crippen LogP contribution in [0.2, 0.25) is 5.02 Å². The molecule has 0 fully saturated rings. The lowest BCUT2D eigenvalue weighted by Crippen LogP contribution is -1.99. The maximum Gasteiger partial charge on any atom is 0.222 e. The Morgan fingerprint density at radius 1 is 1.70 bits per heavy atom. The van der Waals surface area contributed by atoms with E-state index in [9.17, 15) is 0 Å². The summed E-state index contributed by atoms with van der Waals surface area (Å²) in [7, 11) is 1.72. The fraction of sp³-hybridized carbons (Fsp3) is 0.200. The molecule has 4 nitrogen and oxygen atoms in total. The summed E-state index contributed by atoms with van der Waals surface area (Å²) in [5.74, 6) is 0.767. The van der Waals surface area contributed by atoms with Crippen LogP contribution in [0.25, 0.3) is 0 Å². The molecule has 0 saturated carbocycles. The van der Waals surface area contributed by atoms with E-state index in [0.29, 0.717) is 10.8 Å². The highest BCUT2D eigenvalue weighted by Gasteiger charge is 1.98. The summed E-state index contributed by atoms with van der Waals surface area (Å²) in [6.07, 6.45) is 1.45. The van der Waals surface area contributed by atoms with Gasteiger partial charge in [0.1, 0.15) is 10.8 Å². The fourth-order valence-corrected chi connectivity index (χ4v) is 0.742. The smallest absolute Gasteiger partial charge is 0.222 e. The van der Waals surface area contributed by atoms with Crippen LogP contribution >= 0.6 is 11.6 Å². The van der Waals surface area contributed by atoms with Crippen molar-refractivity contribution in [2.75, 3.05) is 18.1 Å². The molecule has 0 amide bonds. The zero-order valence-corrected chi connectivity index (χ0v) is 6.18. The quantitative estimate of drug-likeness (QED) is 0.633. The molecule has 0 saturated heterocycles. The number of rotatable bonds is 1. The van der Waals surface area contributed by atoms with E-state index < -0.39 is 0 Å². The number of hydrogen-bond acceptors (Lipinski definition) is 4. The third-order valence-corrected chi connectivity index (χ3v) is 1.28. The van der Waals surface area contributed by atoms with Crippen LogP contribution in [0.4, 0.5) is 11.8 Å². The standard InChI is InChI=1S/C5H7ClN4/c1-8-4-3(6)2-9-5(7)10-4/h2H,1H3,(H3,7,8,9,10). The minimum atomic E-state index is 0.216. The summed E-state index contributed by atoms with van der Waals surface area (Å²) in [6.45, 7) is 0. The Balaban J connectivity index is 3.09. The monoisotopic (exact) mass is 158 g/mol. The van der Waals surface area contributed by atoms with Crippen LogP contribution in [-0.4, -0.2) is 17.0 Å². The Morgan fingerprint density at radius 2 is 2.40 bits per heavy atom. The van der Waals surface area contributed by atoms with Crippen LogP contribution in [0, 0.1) is 0 Å². The highest BCUT2D eigenvalue weighted by Crippen LogP contribution is 2.16. The van der Waals surface area contributed by atoms with Crippen molar-refractivity contribution in [3.63, 3.8) is 0 Å². The van der Waals surface area contributed by atoms with E-state index in [1.165, 1.54) is 6.20 Å². The van der Waals surface area contributed by atoms with E-state index in [2.05, 4.69) is 15.3 Å². The molecule has 0 aromatic carbocycles. The van der Waals surface area contributed by atoms with Crippen molar-refractivity contribution >= 4 is 23.4 Å². The van der Waals surface area contributed by atoms with Gasteiger partial charge in [0.25, 0.3) is 0 Å². The summed E-state index contributed by atoms with van der Waals surface area (Å²) in [6, 6.07) is 0. The van der Waals surface area contributed by atoms with Crippen molar-refractivity contribution in [2.45, 2.75) is 0 Å². The lowest BCUT2D eigenvalue weighted by molar-refractivity contribution is 1.18. The maximum absolute atomic E-state index is 5.65. The molecule has 1 rings (SSSR count). The first-order chi connectivity index (χ1) is 4.74. The Kier molecular flexibility index (Phi) is 1.91. The Morgan fingerprint density at radius 3 is 2.90 bits per heavy atom. The zero-order valence-electron chi connectivity index (χ0n) is 5.43. The Hall–Kier alpha value is -1.03. The predicted molar refractivity (Wildman–Crippen MR) is 41.0 cm³/mol. The van der Waals surface area contributed by atoms with Crippen LogP contribution in [0.3, 0.4) is 0 Å². The molecule has 0 aliphatic rings. The normalized spacial score (nSPS) is 9.40. The number of aromatic nitrogens is 2. The van der Waals surface area contributed by atoms with E-state index in [-0.39, 0.29) is 5.95 Å². The van der Waals surface area contributed by atoms with E-state index in [0.717, 1.165) is 0 Å². The molecule has 0 aliphatic carbocycles. The summed E-state index contributed by atoms with van der Waals surface area (Å²) >= 11 is 5.65. The van der Waals surface area contributed by atoms with Crippen molar-refractivity contribution < 1.29 is 0 Å². The number of hydrogen-bond donors (Lipinski definition) is 2. The molecule has 0 unspecified atom stereocenters. The van der Waals surface area contributed by atoms with Crippen molar-refractivity contribution in [1.82, 2.24) is 9.97 Å². The number of nitrogens with one attached hydrogen (secondary N) is 1. The van der Waals surface area contributed by atoms with Crippen molar-refractivity contribution in [3.8, 4) is 0 Å². The first kappa shape index (κ1) is 7.08. The van der Waals surface area contributed by atoms with Gasteiger partial charge in [-0.15, -0.1) is 0 Å². The SMILES string of the molecule is CNc1nc(N)ncc1Cl. The number of anilines is 2. The lowest BCUT2D eigenvalue weighted by Gasteiger charge is -2.00. The van der Waals surface area contributed by atoms with Gasteiger partial charge in [-0.25, -0.2) is 4.98 Å². The van der Waals surface area contributed by atoms with Crippen LogP contribution in [0.1, 0.15) is 0 Å². The van der Waals surface area contributed by atoms with Crippen molar-refractivity contribution in [2.24, 2.45) is 0 Å². The number of nitrogens with two attached hydrogens (primary N) is 1. The van der Waals surface area contributed by atoms with Crippen molar-refractivity contribution in [3.05, 3.63) is 11.2 Å². The summed E-state index contributed by atoms with van der Waals surface area (Å²) < 4.78 is 0. The molecule has 0 aliphatic heterocycles. The first-order valence-corrected chi connectivity index (χ1v) is 3.07. The fourth-order valence-electron chi connectivity index (χ4n) is 0.556. The van der Waals surface area contributed by atoms with Crippen molar-refractivity contribution in [1.29, 1.82) is 0 Å². The predicted octanol–water partition coefficient (Wildman–Crippen LogP) is 0.754. The minimum Gasteiger partial charge on any atom is -0.372 e. The second-order valence-electron chi connectivity index (χ2n) is 1.67. The topological polar surface area (TPSA) is 63.8 Å². The summed E-state index contributed by atoms with van der Waals surface area (Å²) in [5.41, 5.74) is 5.28. The molecule has 0 spiro atoms. The van der Waals surface area contributed by atoms with Crippen LogP contribution < -0.4 is 11.1 Å². The molecule has 0 bridgehead atoms. The molecule has 10 heavy (non-hydrogen) atoms.